The van der Waals surface area contributed by atoms with Gasteiger partial charge in [0.2, 0.25) is 0 Å². The van der Waals surface area contributed by atoms with E-state index in [0.717, 1.165) is 25.7 Å². The average Bonchev–Trinajstić information content (AvgIpc) is 2.38. The lowest BCUT2D eigenvalue weighted by Crippen LogP contribution is -2.40. The summed E-state index contributed by atoms with van der Waals surface area (Å²) in [5, 5.41) is 0. The van der Waals surface area contributed by atoms with Gasteiger partial charge < -0.3 is 4.74 Å². The minimum atomic E-state index is -0.380. The van der Waals surface area contributed by atoms with E-state index in [9.17, 15) is 4.79 Å². The monoisotopic (exact) mass is 300 g/mol. The van der Waals surface area contributed by atoms with Gasteiger partial charge in [-0.2, -0.15) is 0 Å². The molecule has 0 rings (SSSR count). The predicted octanol–water partition coefficient (Wildman–Crippen LogP) is 6.23. The number of esters is 1. The van der Waals surface area contributed by atoms with Gasteiger partial charge in [-0.3, -0.25) is 4.79 Å². The fraction of sp³-hybridized carbons (Fsp3) is 0.947. The summed E-state index contributed by atoms with van der Waals surface area (Å²) in [6, 6.07) is 0. The van der Waals surface area contributed by atoms with Crippen LogP contribution in [-0.2, 0) is 9.53 Å². The SMILES string of the molecule is CC.CCCC(C)OC(=O)C(C)(CC(C)(C)C)C(C)CC. The first-order valence-corrected chi connectivity index (χ1v) is 8.78. The van der Waals surface area contributed by atoms with Gasteiger partial charge in [-0.1, -0.05) is 68.2 Å². The molecule has 0 aliphatic heterocycles. The second kappa shape index (κ2) is 10.2. The number of hydrogen-bond donors (Lipinski definition) is 0. The standard InChI is InChI=1S/C17H34O2.C2H6/c1-9-11-14(4)19-15(18)17(8,13(3)10-2)12-16(5,6)7;1-2/h13-14H,9-12H2,1-8H3;1-2H3. The Morgan fingerprint density at radius 2 is 1.52 bits per heavy atom. The molecule has 0 aliphatic rings. The highest BCUT2D eigenvalue weighted by atomic mass is 16.5. The van der Waals surface area contributed by atoms with Crippen LogP contribution in [0.15, 0.2) is 0 Å². The smallest absolute Gasteiger partial charge is 0.312 e. The van der Waals surface area contributed by atoms with Crippen molar-refractivity contribution in [2.75, 3.05) is 0 Å². The van der Waals surface area contributed by atoms with Crippen molar-refractivity contribution in [3.8, 4) is 0 Å². The van der Waals surface area contributed by atoms with Crippen molar-refractivity contribution in [3.05, 3.63) is 0 Å². The van der Waals surface area contributed by atoms with Crippen molar-refractivity contribution in [3.63, 3.8) is 0 Å². The molecule has 0 saturated carbocycles. The van der Waals surface area contributed by atoms with E-state index in [1.54, 1.807) is 0 Å². The van der Waals surface area contributed by atoms with E-state index in [0.29, 0.717) is 5.92 Å². The molecule has 2 nitrogen and oxygen atoms in total. The molecule has 0 saturated heterocycles. The van der Waals surface area contributed by atoms with Crippen LogP contribution in [0.5, 0.6) is 0 Å². The molecule has 0 aliphatic carbocycles. The van der Waals surface area contributed by atoms with E-state index in [4.69, 9.17) is 4.74 Å². The van der Waals surface area contributed by atoms with Crippen LogP contribution in [0.25, 0.3) is 0 Å². The molecule has 0 bridgehead atoms. The number of rotatable bonds is 7. The molecule has 0 N–H and O–H groups in total. The Morgan fingerprint density at radius 1 is 1.05 bits per heavy atom. The van der Waals surface area contributed by atoms with Crippen molar-refractivity contribution in [2.45, 2.75) is 101 Å². The van der Waals surface area contributed by atoms with E-state index in [1.807, 2.05) is 20.8 Å². The van der Waals surface area contributed by atoms with Gasteiger partial charge in [0, 0.05) is 0 Å². The number of carbonyl (C=O) groups excluding carboxylic acids is 1. The lowest BCUT2D eigenvalue weighted by molar-refractivity contribution is -0.165. The largest absolute Gasteiger partial charge is 0.462 e. The second-order valence-electron chi connectivity index (χ2n) is 7.47. The summed E-state index contributed by atoms with van der Waals surface area (Å²) in [4.78, 5) is 12.6. The van der Waals surface area contributed by atoms with Crippen LogP contribution in [0.4, 0.5) is 0 Å². The van der Waals surface area contributed by atoms with Crippen LogP contribution in [0.3, 0.4) is 0 Å². The fourth-order valence-electron chi connectivity index (χ4n) is 2.78. The molecule has 0 aromatic heterocycles. The third kappa shape index (κ3) is 8.48. The summed E-state index contributed by atoms with van der Waals surface area (Å²) in [5.41, 5.74) is -0.250. The van der Waals surface area contributed by atoms with Crippen LogP contribution in [0.1, 0.15) is 94.9 Å². The van der Waals surface area contributed by atoms with Gasteiger partial charge in [0.05, 0.1) is 11.5 Å². The molecule has 128 valence electrons. The minimum absolute atomic E-state index is 0.0160. The first kappa shape index (κ1) is 22.7. The van der Waals surface area contributed by atoms with Gasteiger partial charge in [0.1, 0.15) is 0 Å². The van der Waals surface area contributed by atoms with Crippen molar-refractivity contribution in [1.29, 1.82) is 0 Å². The zero-order valence-corrected chi connectivity index (χ0v) is 16.3. The molecule has 0 aromatic rings. The molecule has 21 heavy (non-hydrogen) atoms. The third-order valence-electron chi connectivity index (χ3n) is 4.07. The van der Waals surface area contributed by atoms with Gasteiger partial charge in [0.25, 0.3) is 0 Å². The van der Waals surface area contributed by atoms with Crippen LogP contribution in [-0.4, -0.2) is 12.1 Å². The lowest BCUT2D eigenvalue weighted by atomic mass is 9.67. The molecule has 0 spiro atoms. The molecule has 2 heteroatoms. The average molecular weight is 301 g/mol. The van der Waals surface area contributed by atoms with E-state index in [-0.39, 0.29) is 22.9 Å². The highest BCUT2D eigenvalue weighted by molar-refractivity contribution is 5.77. The Balaban J connectivity index is 0. The number of hydrogen-bond acceptors (Lipinski definition) is 2. The third-order valence-corrected chi connectivity index (χ3v) is 4.07. The van der Waals surface area contributed by atoms with Gasteiger partial charge in [0.15, 0.2) is 0 Å². The number of carbonyl (C=O) groups is 1. The zero-order valence-electron chi connectivity index (χ0n) is 16.3. The Hall–Kier alpha value is -0.530. The van der Waals surface area contributed by atoms with Gasteiger partial charge in [-0.15, -0.1) is 0 Å². The molecule has 0 aromatic carbocycles. The van der Waals surface area contributed by atoms with E-state index in [1.165, 1.54) is 0 Å². The molecular formula is C19H40O2. The van der Waals surface area contributed by atoms with Gasteiger partial charge in [-0.25, -0.2) is 0 Å². The van der Waals surface area contributed by atoms with E-state index in [2.05, 4.69) is 48.5 Å². The Labute approximate surface area is 134 Å². The lowest BCUT2D eigenvalue weighted by Gasteiger charge is -2.38. The van der Waals surface area contributed by atoms with Crippen molar-refractivity contribution in [2.24, 2.45) is 16.7 Å². The highest BCUT2D eigenvalue weighted by Crippen LogP contribution is 2.42. The maximum atomic E-state index is 12.6. The van der Waals surface area contributed by atoms with Crippen LogP contribution >= 0.6 is 0 Å². The first-order valence-electron chi connectivity index (χ1n) is 8.78. The predicted molar refractivity (Wildman–Crippen MR) is 93.4 cm³/mol. The highest BCUT2D eigenvalue weighted by Gasteiger charge is 2.42. The van der Waals surface area contributed by atoms with E-state index < -0.39 is 0 Å². The van der Waals surface area contributed by atoms with Gasteiger partial charge in [-0.05, 0) is 38.0 Å². The van der Waals surface area contributed by atoms with Crippen molar-refractivity contribution < 1.29 is 9.53 Å². The molecule has 0 amide bonds. The topological polar surface area (TPSA) is 26.3 Å². The molecule has 0 radical (unpaired) electrons. The van der Waals surface area contributed by atoms with E-state index >= 15 is 0 Å². The Morgan fingerprint density at radius 3 is 1.86 bits per heavy atom. The quantitative estimate of drug-likeness (QED) is 0.521. The maximum absolute atomic E-state index is 12.6. The van der Waals surface area contributed by atoms with Crippen molar-refractivity contribution >= 4 is 5.97 Å². The summed E-state index contributed by atoms with van der Waals surface area (Å²) in [6.45, 7) is 21.1. The summed E-state index contributed by atoms with van der Waals surface area (Å²) in [5.74, 6) is 0.325. The van der Waals surface area contributed by atoms with Crippen molar-refractivity contribution in [1.82, 2.24) is 0 Å². The molecule has 0 heterocycles. The number of ether oxygens (including phenoxy) is 1. The fourth-order valence-corrected chi connectivity index (χ4v) is 2.78. The van der Waals surface area contributed by atoms with Gasteiger partial charge >= 0.3 is 5.97 Å². The molecule has 3 unspecified atom stereocenters. The molecule has 0 fully saturated rings. The summed E-state index contributed by atoms with van der Waals surface area (Å²) >= 11 is 0. The Bertz CT molecular complexity index is 278. The summed E-state index contributed by atoms with van der Waals surface area (Å²) in [6.07, 6.45) is 3.89. The summed E-state index contributed by atoms with van der Waals surface area (Å²) in [7, 11) is 0. The minimum Gasteiger partial charge on any atom is -0.462 e. The molecular weight excluding hydrogens is 260 g/mol. The van der Waals surface area contributed by atoms with Crippen LogP contribution < -0.4 is 0 Å². The van der Waals surface area contributed by atoms with Crippen LogP contribution in [0.2, 0.25) is 0 Å². The van der Waals surface area contributed by atoms with Crippen LogP contribution in [0, 0.1) is 16.7 Å². The summed E-state index contributed by atoms with van der Waals surface area (Å²) < 4.78 is 5.69. The normalized spacial score (nSPS) is 17.0. The first-order chi connectivity index (χ1) is 9.56. The maximum Gasteiger partial charge on any atom is 0.312 e. The molecule has 3 atom stereocenters. The zero-order chi connectivity index (χ0) is 17.3. The second-order valence-corrected chi connectivity index (χ2v) is 7.47. The Kier molecular flexibility index (Phi) is 11.1.